The van der Waals surface area contributed by atoms with E-state index in [9.17, 15) is 0 Å². The lowest BCUT2D eigenvalue weighted by atomic mass is 10.1. The average Bonchev–Trinajstić information content (AvgIpc) is 2.05. The van der Waals surface area contributed by atoms with Crippen LogP contribution in [0.25, 0.3) is 0 Å². The zero-order valence-electron chi connectivity index (χ0n) is 8.31. The summed E-state index contributed by atoms with van der Waals surface area (Å²) in [5.41, 5.74) is 15.0. The lowest BCUT2D eigenvalue weighted by molar-refractivity contribution is 1.40. The van der Waals surface area contributed by atoms with Gasteiger partial charge in [0.2, 0.25) is 0 Å². The van der Waals surface area contributed by atoms with Gasteiger partial charge in [-0.3, -0.25) is 0 Å². The van der Waals surface area contributed by atoms with Crippen LogP contribution in [-0.2, 0) is 0 Å². The second-order valence-corrected chi connectivity index (χ2v) is 2.57. The largest absolute Gasteiger partial charge is 0.399 e. The van der Waals surface area contributed by atoms with Crippen LogP contribution in [0.15, 0.2) is 12.1 Å². The normalized spacial score (nSPS) is 8.67. The standard InChI is InChI=1S/C8H12N2.C2H6/c1-5-3-8(10)6(2)4-7(5)9;1-2/h3-4H,9-10H2,1-2H3;1-2H3. The Labute approximate surface area is 74.6 Å². The summed E-state index contributed by atoms with van der Waals surface area (Å²) in [6.45, 7) is 7.90. The molecule has 4 N–H and O–H groups in total. The molecule has 0 atom stereocenters. The summed E-state index contributed by atoms with van der Waals surface area (Å²) in [5, 5.41) is 0. The third-order valence-electron chi connectivity index (χ3n) is 1.65. The van der Waals surface area contributed by atoms with Crippen LogP contribution in [0.4, 0.5) is 11.4 Å². The SMILES string of the molecule is CC.Cc1cc(N)c(C)cc1N. The molecule has 0 aliphatic carbocycles. The minimum Gasteiger partial charge on any atom is -0.399 e. The van der Waals surface area contributed by atoms with E-state index in [0.29, 0.717) is 0 Å². The zero-order valence-corrected chi connectivity index (χ0v) is 8.31. The Hall–Kier alpha value is -1.18. The number of rotatable bonds is 0. The Balaban J connectivity index is 0.000000561. The molecule has 12 heavy (non-hydrogen) atoms. The zero-order chi connectivity index (χ0) is 9.72. The summed E-state index contributed by atoms with van der Waals surface area (Å²) in [6, 6.07) is 3.79. The van der Waals surface area contributed by atoms with Crippen LogP contribution >= 0.6 is 0 Å². The van der Waals surface area contributed by atoms with Crippen molar-refractivity contribution in [2.24, 2.45) is 0 Å². The monoisotopic (exact) mass is 166 g/mol. The summed E-state index contributed by atoms with van der Waals surface area (Å²) in [6.07, 6.45) is 0. The van der Waals surface area contributed by atoms with Crippen molar-refractivity contribution >= 4 is 11.4 Å². The van der Waals surface area contributed by atoms with Gasteiger partial charge in [0.15, 0.2) is 0 Å². The van der Waals surface area contributed by atoms with Gasteiger partial charge in [-0.2, -0.15) is 0 Å². The quantitative estimate of drug-likeness (QED) is 0.582. The average molecular weight is 166 g/mol. The van der Waals surface area contributed by atoms with Crippen molar-refractivity contribution < 1.29 is 0 Å². The number of nitrogens with two attached hydrogens (primary N) is 2. The molecule has 0 aliphatic heterocycles. The molecule has 2 nitrogen and oxygen atoms in total. The van der Waals surface area contributed by atoms with E-state index in [4.69, 9.17) is 11.5 Å². The van der Waals surface area contributed by atoms with Gasteiger partial charge >= 0.3 is 0 Å². The second-order valence-electron chi connectivity index (χ2n) is 2.57. The van der Waals surface area contributed by atoms with E-state index in [1.165, 1.54) is 0 Å². The Morgan fingerprint density at radius 3 is 1.33 bits per heavy atom. The smallest absolute Gasteiger partial charge is 0.0347 e. The van der Waals surface area contributed by atoms with Gasteiger partial charge in [0.05, 0.1) is 0 Å². The summed E-state index contributed by atoms with van der Waals surface area (Å²) >= 11 is 0. The van der Waals surface area contributed by atoms with E-state index in [1.54, 1.807) is 0 Å². The number of hydrogen-bond acceptors (Lipinski definition) is 2. The fraction of sp³-hybridized carbons (Fsp3) is 0.400. The predicted molar refractivity (Wildman–Crippen MR) is 56.1 cm³/mol. The Morgan fingerprint density at radius 1 is 0.833 bits per heavy atom. The molecular formula is C10H18N2. The van der Waals surface area contributed by atoms with Crippen LogP contribution < -0.4 is 11.5 Å². The molecular weight excluding hydrogens is 148 g/mol. The van der Waals surface area contributed by atoms with Gasteiger partial charge < -0.3 is 11.5 Å². The molecule has 0 aliphatic rings. The van der Waals surface area contributed by atoms with E-state index < -0.39 is 0 Å². The summed E-state index contributed by atoms with van der Waals surface area (Å²) in [7, 11) is 0. The van der Waals surface area contributed by atoms with Crippen molar-refractivity contribution in [3.8, 4) is 0 Å². The van der Waals surface area contributed by atoms with Crippen molar-refractivity contribution in [2.75, 3.05) is 11.5 Å². The van der Waals surface area contributed by atoms with Gasteiger partial charge in [0.25, 0.3) is 0 Å². The molecule has 0 aromatic heterocycles. The number of nitrogen functional groups attached to an aromatic ring is 2. The number of aryl methyl sites for hydroxylation is 2. The molecule has 0 fully saturated rings. The van der Waals surface area contributed by atoms with Crippen molar-refractivity contribution in [1.29, 1.82) is 0 Å². The Kier molecular flexibility index (Phi) is 4.19. The molecule has 0 spiro atoms. The van der Waals surface area contributed by atoms with E-state index >= 15 is 0 Å². The van der Waals surface area contributed by atoms with Gasteiger partial charge in [-0.05, 0) is 37.1 Å². The van der Waals surface area contributed by atoms with Gasteiger partial charge in [-0.15, -0.1) is 0 Å². The fourth-order valence-corrected chi connectivity index (χ4v) is 0.861. The van der Waals surface area contributed by atoms with Crippen molar-refractivity contribution in [2.45, 2.75) is 27.7 Å². The maximum atomic E-state index is 5.63. The van der Waals surface area contributed by atoms with Gasteiger partial charge in [-0.1, -0.05) is 13.8 Å². The third kappa shape index (κ3) is 2.46. The first-order valence-electron chi connectivity index (χ1n) is 4.23. The minimum atomic E-state index is 0.812. The molecule has 2 heteroatoms. The maximum Gasteiger partial charge on any atom is 0.0347 e. The molecule has 0 unspecified atom stereocenters. The Morgan fingerprint density at radius 2 is 1.08 bits per heavy atom. The fourth-order valence-electron chi connectivity index (χ4n) is 0.861. The minimum absolute atomic E-state index is 0.812. The van der Waals surface area contributed by atoms with Crippen molar-refractivity contribution in [1.82, 2.24) is 0 Å². The first-order chi connectivity index (χ1) is 5.61. The highest BCUT2D eigenvalue weighted by molar-refractivity contribution is 5.59. The van der Waals surface area contributed by atoms with E-state index in [2.05, 4.69) is 0 Å². The third-order valence-corrected chi connectivity index (χ3v) is 1.65. The lowest BCUT2D eigenvalue weighted by Gasteiger charge is -2.03. The molecule has 1 aromatic carbocycles. The molecule has 0 amide bonds. The van der Waals surface area contributed by atoms with Crippen molar-refractivity contribution in [3.63, 3.8) is 0 Å². The van der Waals surface area contributed by atoms with Gasteiger partial charge in [0.1, 0.15) is 0 Å². The lowest BCUT2D eigenvalue weighted by Crippen LogP contribution is -1.95. The highest BCUT2D eigenvalue weighted by atomic mass is 14.6. The Bertz CT molecular complexity index is 204. The van der Waals surface area contributed by atoms with Crippen LogP contribution in [0.5, 0.6) is 0 Å². The van der Waals surface area contributed by atoms with Crippen LogP contribution in [0, 0.1) is 13.8 Å². The van der Waals surface area contributed by atoms with E-state index in [-0.39, 0.29) is 0 Å². The summed E-state index contributed by atoms with van der Waals surface area (Å²) < 4.78 is 0. The molecule has 68 valence electrons. The molecule has 1 aromatic rings. The van der Waals surface area contributed by atoms with E-state index in [0.717, 1.165) is 22.5 Å². The van der Waals surface area contributed by atoms with Crippen LogP contribution in [0.1, 0.15) is 25.0 Å². The van der Waals surface area contributed by atoms with Gasteiger partial charge in [0, 0.05) is 11.4 Å². The van der Waals surface area contributed by atoms with Crippen LogP contribution in [0.3, 0.4) is 0 Å². The number of hydrogen-bond donors (Lipinski definition) is 2. The number of anilines is 2. The first kappa shape index (κ1) is 10.8. The maximum absolute atomic E-state index is 5.63. The second kappa shape index (κ2) is 4.65. The molecule has 1 rings (SSSR count). The molecule has 0 heterocycles. The van der Waals surface area contributed by atoms with Crippen molar-refractivity contribution in [3.05, 3.63) is 23.3 Å². The summed E-state index contributed by atoms with van der Waals surface area (Å²) in [4.78, 5) is 0. The molecule has 0 saturated carbocycles. The highest BCUT2D eigenvalue weighted by Gasteiger charge is 1.96. The summed E-state index contributed by atoms with van der Waals surface area (Å²) in [5.74, 6) is 0. The number of benzene rings is 1. The predicted octanol–water partition coefficient (Wildman–Crippen LogP) is 2.49. The molecule has 0 bridgehead atoms. The van der Waals surface area contributed by atoms with Crippen LogP contribution in [-0.4, -0.2) is 0 Å². The molecule has 0 radical (unpaired) electrons. The topological polar surface area (TPSA) is 52.0 Å². The van der Waals surface area contributed by atoms with Gasteiger partial charge in [-0.25, -0.2) is 0 Å². The molecule has 0 saturated heterocycles. The highest BCUT2D eigenvalue weighted by Crippen LogP contribution is 2.18. The van der Waals surface area contributed by atoms with E-state index in [1.807, 2.05) is 39.8 Å². The first-order valence-corrected chi connectivity index (χ1v) is 4.23. The van der Waals surface area contributed by atoms with Crippen LogP contribution in [0.2, 0.25) is 0 Å².